The Morgan fingerprint density at radius 1 is 1.29 bits per heavy atom. The third-order valence-electron chi connectivity index (χ3n) is 4.09. The third kappa shape index (κ3) is 3.18. The van der Waals surface area contributed by atoms with Crippen molar-refractivity contribution in [3.63, 3.8) is 0 Å². The molecule has 1 unspecified atom stereocenters. The zero-order valence-corrected chi connectivity index (χ0v) is 13.0. The molecule has 24 heavy (non-hydrogen) atoms. The van der Waals surface area contributed by atoms with Crippen molar-refractivity contribution in [2.45, 2.75) is 24.9 Å². The van der Waals surface area contributed by atoms with Gasteiger partial charge in [0.25, 0.3) is 0 Å². The highest BCUT2D eigenvalue weighted by Crippen LogP contribution is 2.38. The normalized spacial score (nSPS) is 22.8. The lowest BCUT2D eigenvalue weighted by molar-refractivity contribution is -0.141. The number of anilines is 2. The van der Waals surface area contributed by atoms with Crippen LogP contribution in [0.5, 0.6) is 5.88 Å². The average molecular weight is 337 g/mol. The van der Waals surface area contributed by atoms with Crippen molar-refractivity contribution in [3.8, 4) is 5.88 Å². The summed E-state index contributed by atoms with van der Waals surface area (Å²) in [6.45, 7) is 1.26. The molecule has 0 radical (unpaired) electrons. The van der Waals surface area contributed by atoms with E-state index in [-0.39, 0.29) is 43.7 Å². The molecule has 1 saturated heterocycles. The smallest absolute Gasteiger partial charge is 0.303 e. The highest BCUT2D eigenvalue weighted by molar-refractivity contribution is 5.80. The maximum absolute atomic E-state index is 12.3. The molecule has 1 amide bonds. The van der Waals surface area contributed by atoms with E-state index in [0.717, 1.165) is 0 Å². The zero-order valence-electron chi connectivity index (χ0n) is 13.0. The predicted molar refractivity (Wildman–Crippen MR) is 82.2 cm³/mol. The van der Waals surface area contributed by atoms with Crippen LogP contribution in [0.3, 0.4) is 0 Å². The van der Waals surface area contributed by atoms with E-state index in [0.29, 0.717) is 31.0 Å². The molecule has 0 aliphatic carbocycles. The summed E-state index contributed by atoms with van der Waals surface area (Å²) in [5.41, 5.74) is 11.3. The largest absolute Gasteiger partial charge is 0.481 e. The quantitative estimate of drug-likeness (QED) is 0.632. The molecule has 0 aromatic carbocycles. The van der Waals surface area contributed by atoms with E-state index in [1.54, 1.807) is 4.90 Å². The second-order valence-electron chi connectivity index (χ2n) is 5.97. The van der Waals surface area contributed by atoms with Crippen LogP contribution in [-0.2, 0) is 20.7 Å². The maximum Gasteiger partial charge on any atom is 0.303 e. The number of hydrogen-bond donors (Lipinski definition) is 3. The molecule has 0 saturated carbocycles. The Bertz CT molecular complexity index is 682. The van der Waals surface area contributed by atoms with Gasteiger partial charge in [0.2, 0.25) is 17.7 Å². The standard InChI is InChI=1S/C14H19N5O5/c15-11-8-5-14(24-12(8)18-13(16)17-11)6-19(3-4-23-7-14)9(20)1-2-10(21)22/h1-7H2,(H,21,22)(H4,15,16,17,18). The summed E-state index contributed by atoms with van der Waals surface area (Å²) in [5.74, 6) is -0.675. The Kier molecular flexibility index (Phi) is 4.14. The van der Waals surface area contributed by atoms with Crippen molar-refractivity contribution >= 4 is 23.6 Å². The molecule has 1 aromatic rings. The molecule has 2 aliphatic rings. The minimum atomic E-state index is -1.01. The number of carbonyl (C=O) groups is 2. The van der Waals surface area contributed by atoms with Crippen LogP contribution in [-0.4, -0.2) is 63.8 Å². The first-order valence-electron chi connectivity index (χ1n) is 7.57. The van der Waals surface area contributed by atoms with E-state index in [1.165, 1.54) is 0 Å². The van der Waals surface area contributed by atoms with Crippen molar-refractivity contribution < 1.29 is 24.2 Å². The van der Waals surface area contributed by atoms with E-state index in [2.05, 4.69) is 9.97 Å². The number of nitrogens with two attached hydrogens (primary N) is 2. The molecule has 1 atom stereocenters. The molecule has 1 aromatic heterocycles. The van der Waals surface area contributed by atoms with Gasteiger partial charge in [-0.15, -0.1) is 0 Å². The van der Waals surface area contributed by atoms with Crippen LogP contribution in [0.25, 0.3) is 0 Å². The highest BCUT2D eigenvalue weighted by Gasteiger charge is 2.45. The van der Waals surface area contributed by atoms with Gasteiger partial charge in [-0.05, 0) is 0 Å². The number of carboxylic acid groups (broad SMARTS) is 1. The van der Waals surface area contributed by atoms with E-state index in [4.69, 9.17) is 26.0 Å². The number of aliphatic carboxylic acids is 1. The fourth-order valence-corrected chi connectivity index (χ4v) is 2.97. The fraction of sp³-hybridized carbons (Fsp3) is 0.571. The number of nitrogens with zero attached hydrogens (tertiary/aromatic N) is 3. The molecule has 130 valence electrons. The van der Waals surface area contributed by atoms with Crippen molar-refractivity contribution in [1.82, 2.24) is 14.9 Å². The number of nitrogen functional groups attached to an aromatic ring is 2. The van der Waals surface area contributed by atoms with Gasteiger partial charge in [0.05, 0.1) is 31.7 Å². The highest BCUT2D eigenvalue weighted by atomic mass is 16.6. The van der Waals surface area contributed by atoms with Gasteiger partial charge < -0.3 is 30.9 Å². The Morgan fingerprint density at radius 3 is 2.83 bits per heavy atom. The second kappa shape index (κ2) is 6.11. The monoisotopic (exact) mass is 337 g/mol. The molecule has 0 bridgehead atoms. The van der Waals surface area contributed by atoms with Crippen LogP contribution in [0.2, 0.25) is 0 Å². The summed E-state index contributed by atoms with van der Waals surface area (Å²) in [4.78, 5) is 32.5. The van der Waals surface area contributed by atoms with Crippen molar-refractivity contribution in [2.75, 3.05) is 37.8 Å². The minimum absolute atomic E-state index is 0.0206. The van der Waals surface area contributed by atoms with Gasteiger partial charge in [0.1, 0.15) is 5.82 Å². The Hall–Kier alpha value is -2.62. The van der Waals surface area contributed by atoms with Crippen LogP contribution in [0.1, 0.15) is 18.4 Å². The number of aromatic nitrogens is 2. The number of carbonyl (C=O) groups excluding carboxylic acids is 1. The SMILES string of the molecule is Nc1nc(N)c2c(n1)OC1(COCCN(C(=O)CCC(=O)O)C1)C2. The predicted octanol–water partition coefficient (Wildman–Crippen LogP) is -0.962. The lowest BCUT2D eigenvalue weighted by atomic mass is 9.97. The first-order valence-corrected chi connectivity index (χ1v) is 7.57. The molecule has 1 spiro atoms. The lowest BCUT2D eigenvalue weighted by Crippen LogP contribution is -2.50. The van der Waals surface area contributed by atoms with Gasteiger partial charge in [-0.3, -0.25) is 9.59 Å². The molecular formula is C14H19N5O5. The minimum Gasteiger partial charge on any atom is -0.481 e. The Labute approximate surface area is 137 Å². The fourth-order valence-electron chi connectivity index (χ4n) is 2.97. The average Bonchev–Trinajstić information content (AvgIpc) is 2.72. The maximum atomic E-state index is 12.3. The first-order chi connectivity index (χ1) is 11.4. The van der Waals surface area contributed by atoms with Gasteiger partial charge in [0, 0.05) is 19.4 Å². The second-order valence-corrected chi connectivity index (χ2v) is 5.97. The molecule has 10 nitrogen and oxygen atoms in total. The Morgan fingerprint density at radius 2 is 2.08 bits per heavy atom. The van der Waals surface area contributed by atoms with Crippen molar-refractivity contribution in [2.24, 2.45) is 0 Å². The topological polar surface area (TPSA) is 154 Å². The number of carboxylic acids is 1. The zero-order chi connectivity index (χ0) is 17.3. The van der Waals surface area contributed by atoms with Crippen LogP contribution < -0.4 is 16.2 Å². The summed E-state index contributed by atoms with van der Waals surface area (Å²) in [6, 6.07) is 0. The van der Waals surface area contributed by atoms with Crippen molar-refractivity contribution in [1.29, 1.82) is 0 Å². The molecule has 10 heteroatoms. The van der Waals surface area contributed by atoms with E-state index >= 15 is 0 Å². The van der Waals surface area contributed by atoms with E-state index < -0.39 is 11.6 Å². The van der Waals surface area contributed by atoms with Gasteiger partial charge in [-0.1, -0.05) is 0 Å². The molecule has 5 N–H and O–H groups in total. The summed E-state index contributed by atoms with van der Waals surface area (Å²) in [6.07, 6.45) is 0.129. The number of hydrogen-bond acceptors (Lipinski definition) is 8. The van der Waals surface area contributed by atoms with Gasteiger partial charge in [-0.25, -0.2) is 0 Å². The molecule has 2 aliphatic heterocycles. The lowest BCUT2D eigenvalue weighted by Gasteiger charge is -2.30. The van der Waals surface area contributed by atoms with Crippen LogP contribution in [0.15, 0.2) is 0 Å². The third-order valence-corrected chi connectivity index (χ3v) is 4.09. The molecule has 1 fully saturated rings. The van der Waals surface area contributed by atoms with Crippen LogP contribution in [0.4, 0.5) is 11.8 Å². The Balaban J connectivity index is 1.77. The van der Waals surface area contributed by atoms with Crippen LogP contribution >= 0.6 is 0 Å². The van der Waals surface area contributed by atoms with Gasteiger partial charge >= 0.3 is 5.97 Å². The summed E-state index contributed by atoms with van der Waals surface area (Å²) < 4.78 is 11.5. The van der Waals surface area contributed by atoms with Gasteiger partial charge in [-0.2, -0.15) is 9.97 Å². The van der Waals surface area contributed by atoms with Gasteiger partial charge in [0.15, 0.2) is 5.60 Å². The molecule has 3 rings (SSSR count). The first kappa shape index (κ1) is 16.2. The number of amides is 1. The number of ether oxygens (including phenoxy) is 2. The number of rotatable bonds is 3. The number of fused-ring (bicyclic) bond motifs is 1. The summed E-state index contributed by atoms with van der Waals surface area (Å²) >= 11 is 0. The molecular weight excluding hydrogens is 318 g/mol. The summed E-state index contributed by atoms with van der Waals surface area (Å²) in [7, 11) is 0. The van der Waals surface area contributed by atoms with Crippen LogP contribution in [0, 0.1) is 0 Å². The van der Waals surface area contributed by atoms with E-state index in [9.17, 15) is 9.59 Å². The van der Waals surface area contributed by atoms with Crippen molar-refractivity contribution in [3.05, 3.63) is 5.56 Å². The molecule has 3 heterocycles. The van der Waals surface area contributed by atoms with E-state index in [1.807, 2.05) is 0 Å². The summed E-state index contributed by atoms with van der Waals surface area (Å²) in [5, 5.41) is 8.74.